The molecule has 4 atom stereocenters. The molecule has 0 heterocycles. The van der Waals surface area contributed by atoms with E-state index in [1.165, 1.54) is 24.3 Å². The normalized spacial score (nSPS) is 13.6. The van der Waals surface area contributed by atoms with Crippen LogP contribution in [-0.4, -0.2) is 80.2 Å². The number of hydrogen-bond acceptors (Lipinski definition) is 8. The number of phenolic OH excluding ortho intramolecular Hbond substituents is 1. The monoisotopic (exact) mass is 572 g/mol. The summed E-state index contributed by atoms with van der Waals surface area (Å²) in [7, 11) is 0. The van der Waals surface area contributed by atoms with Gasteiger partial charge in [-0.3, -0.25) is 24.0 Å². The molecule has 0 saturated heterocycles. The van der Waals surface area contributed by atoms with Gasteiger partial charge in [-0.15, -0.1) is 0 Å². The first-order valence-electron chi connectivity index (χ1n) is 12.5. The number of amides is 3. The van der Waals surface area contributed by atoms with Gasteiger partial charge in [0.2, 0.25) is 17.7 Å². The zero-order chi connectivity index (χ0) is 30.5. The minimum atomic E-state index is -1.52. The second-order valence-electron chi connectivity index (χ2n) is 9.22. The lowest BCUT2D eigenvalue weighted by atomic mass is 10.0. The number of carboxylic acid groups (broad SMARTS) is 3. The molecule has 4 unspecified atom stereocenters. The number of phenols is 1. The van der Waals surface area contributed by atoms with E-state index in [-0.39, 0.29) is 18.6 Å². The molecular formula is C27H32N4O10. The van der Waals surface area contributed by atoms with Gasteiger partial charge in [0.05, 0.1) is 12.5 Å². The van der Waals surface area contributed by atoms with Crippen LogP contribution in [0.1, 0.15) is 30.4 Å². The number of carboxylic acids is 3. The Bertz CT molecular complexity index is 1240. The van der Waals surface area contributed by atoms with Gasteiger partial charge in [-0.1, -0.05) is 42.5 Å². The number of nitrogens with two attached hydrogens (primary N) is 1. The van der Waals surface area contributed by atoms with E-state index < -0.39 is 79.1 Å². The molecule has 14 heteroatoms. The van der Waals surface area contributed by atoms with Crippen LogP contribution < -0.4 is 21.7 Å². The minimum absolute atomic E-state index is 0.0243. The molecule has 0 aromatic heterocycles. The average Bonchev–Trinajstić information content (AvgIpc) is 2.91. The van der Waals surface area contributed by atoms with Gasteiger partial charge in [0.15, 0.2) is 0 Å². The van der Waals surface area contributed by atoms with Crippen LogP contribution in [0.15, 0.2) is 54.6 Å². The molecule has 0 aliphatic heterocycles. The Hall–Kier alpha value is -4.98. The Kier molecular flexibility index (Phi) is 12.2. The van der Waals surface area contributed by atoms with Gasteiger partial charge in [0.25, 0.3) is 0 Å². The van der Waals surface area contributed by atoms with Crippen molar-refractivity contribution in [2.45, 2.75) is 56.3 Å². The maximum absolute atomic E-state index is 13.3. The summed E-state index contributed by atoms with van der Waals surface area (Å²) in [5.41, 5.74) is 6.67. The van der Waals surface area contributed by atoms with Crippen molar-refractivity contribution >= 4 is 35.6 Å². The highest BCUT2D eigenvalue weighted by atomic mass is 16.4. The predicted octanol–water partition coefficient (Wildman–Crippen LogP) is -0.617. The predicted molar refractivity (Wildman–Crippen MR) is 142 cm³/mol. The number of aliphatic carboxylic acids is 3. The highest BCUT2D eigenvalue weighted by molar-refractivity contribution is 5.95. The van der Waals surface area contributed by atoms with Crippen LogP contribution in [0.2, 0.25) is 0 Å². The first-order chi connectivity index (χ1) is 19.3. The maximum atomic E-state index is 13.3. The van der Waals surface area contributed by atoms with Crippen molar-refractivity contribution in [1.29, 1.82) is 0 Å². The van der Waals surface area contributed by atoms with E-state index in [1.807, 2.05) is 0 Å². The zero-order valence-corrected chi connectivity index (χ0v) is 21.9. The van der Waals surface area contributed by atoms with Gasteiger partial charge >= 0.3 is 17.9 Å². The van der Waals surface area contributed by atoms with E-state index in [0.717, 1.165) is 0 Å². The van der Waals surface area contributed by atoms with Gasteiger partial charge in [-0.2, -0.15) is 0 Å². The van der Waals surface area contributed by atoms with Gasteiger partial charge in [0, 0.05) is 19.3 Å². The summed E-state index contributed by atoms with van der Waals surface area (Å²) in [5, 5.41) is 44.2. The molecule has 2 rings (SSSR count). The summed E-state index contributed by atoms with van der Waals surface area (Å²) in [6.07, 6.45) is -1.90. The molecular weight excluding hydrogens is 540 g/mol. The fourth-order valence-corrected chi connectivity index (χ4v) is 3.77. The number of rotatable bonds is 16. The molecule has 0 bridgehead atoms. The molecule has 0 fully saturated rings. The Morgan fingerprint density at radius 1 is 0.659 bits per heavy atom. The fourth-order valence-electron chi connectivity index (χ4n) is 3.77. The lowest BCUT2D eigenvalue weighted by molar-refractivity contribution is -0.142. The standard InChI is InChI=1S/C27H32N4O10/c28-18(14-23(35)36)24(37)29-19(10-11-22(33)34)25(38)30-20(12-15-4-2-1-3-5-15)26(39)31-21(27(40)41)13-16-6-8-17(32)9-7-16/h1-9,18-21,32H,10-14,28H2,(H,29,37)(H,30,38)(H,31,39)(H,33,34)(H,35,36)(H,40,41). The fraction of sp³-hybridized carbons (Fsp3) is 0.333. The molecule has 0 saturated carbocycles. The van der Waals surface area contributed by atoms with Crippen LogP contribution in [0.25, 0.3) is 0 Å². The molecule has 220 valence electrons. The molecule has 9 N–H and O–H groups in total. The molecule has 0 aliphatic carbocycles. The topological polar surface area (TPSA) is 245 Å². The van der Waals surface area contributed by atoms with Crippen LogP contribution in [0.5, 0.6) is 5.75 Å². The molecule has 0 spiro atoms. The van der Waals surface area contributed by atoms with Crippen LogP contribution in [-0.2, 0) is 41.6 Å². The van der Waals surface area contributed by atoms with Crippen molar-refractivity contribution in [1.82, 2.24) is 16.0 Å². The largest absolute Gasteiger partial charge is 0.508 e. The molecule has 0 radical (unpaired) electrons. The van der Waals surface area contributed by atoms with Gasteiger partial charge in [-0.05, 0) is 29.7 Å². The van der Waals surface area contributed by atoms with E-state index >= 15 is 0 Å². The molecule has 2 aromatic carbocycles. The van der Waals surface area contributed by atoms with E-state index in [0.29, 0.717) is 11.1 Å². The van der Waals surface area contributed by atoms with Crippen LogP contribution in [0.4, 0.5) is 0 Å². The second-order valence-corrected chi connectivity index (χ2v) is 9.22. The summed E-state index contributed by atoms with van der Waals surface area (Å²) < 4.78 is 0. The van der Waals surface area contributed by atoms with Crippen LogP contribution >= 0.6 is 0 Å². The van der Waals surface area contributed by atoms with Crippen molar-refractivity contribution < 1.29 is 49.2 Å². The summed E-state index contributed by atoms with van der Waals surface area (Å²) in [5.74, 6) is -6.84. The van der Waals surface area contributed by atoms with Crippen molar-refractivity contribution in [3.8, 4) is 5.75 Å². The van der Waals surface area contributed by atoms with E-state index in [2.05, 4.69) is 16.0 Å². The van der Waals surface area contributed by atoms with Crippen molar-refractivity contribution in [2.75, 3.05) is 0 Å². The first kappa shape index (κ1) is 32.2. The summed E-state index contributed by atoms with van der Waals surface area (Å²) in [6.45, 7) is 0. The Morgan fingerprint density at radius 3 is 1.73 bits per heavy atom. The number of hydrogen-bond donors (Lipinski definition) is 8. The molecule has 14 nitrogen and oxygen atoms in total. The SMILES string of the molecule is NC(CC(=O)O)C(=O)NC(CCC(=O)O)C(=O)NC(Cc1ccccc1)C(=O)NC(Cc1ccc(O)cc1)C(=O)O. The van der Waals surface area contributed by atoms with Crippen LogP contribution in [0.3, 0.4) is 0 Å². The van der Waals surface area contributed by atoms with Gasteiger partial charge in [-0.25, -0.2) is 4.79 Å². The Morgan fingerprint density at radius 2 is 1.17 bits per heavy atom. The zero-order valence-electron chi connectivity index (χ0n) is 21.9. The molecule has 0 aliphatic rings. The third-order valence-corrected chi connectivity index (χ3v) is 5.92. The van der Waals surface area contributed by atoms with Crippen molar-refractivity contribution in [2.24, 2.45) is 5.73 Å². The van der Waals surface area contributed by atoms with Crippen molar-refractivity contribution in [3.63, 3.8) is 0 Å². The third-order valence-electron chi connectivity index (χ3n) is 5.92. The maximum Gasteiger partial charge on any atom is 0.326 e. The lowest BCUT2D eigenvalue weighted by Gasteiger charge is -2.25. The summed E-state index contributed by atoms with van der Waals surface area (Å²) in [4.78, 5) is 72.8. The van der Waals surface area contributed by atoms with Gasteiger partial charge < -0.3 is 42.1 Å². The number of aromatic hydroxyl groups is 1. The lowest BCUT2D eigenvalue weighted by Crippen LogP contribution is -2.58. The van der Waals surface area contributed by atoms with Crippen LogP contribution in [0, 0.1) is 0 Å². The number of nitrogens with one attached hydrogen (secondary N) is 3. The highest BCUT2D eigenvalue weighted by Gasteiger charge is 2.31. The number of carbonyl (C=O) groups excluding carboxylic acids is 3. The molecule has 2 aromatic rings. The molecule has 3 amide bonds. The Labute approximate surface area is 234 Å². The van der Waals surface area contributed by atoms with E-state index in [1.54, 1.807) is 30.3 Å². The van der Waals surface area contributed by atoms with E-state index in [9.17, 15) is 39.0 Å². The summed E-state index contributed by atoms with van der Waals surface area (Å²) >= 11 is 0. The van der Waals surface area contributed by atoms with Crippen molar-refractivity contribution in [3.05, 3.63) is 65.7 Å². The number of carbonyl (C=O) groups is 6. The molecule has 41 heavy (non-hydrogen) atoms. The first-order valence-corrected chi connectivity index (χ1v) is 12.5. The number of benzene rings is 2. The quantitative estimate of drug-likeness (QED) is 0.126. The average molecular weight is 573 g/mol. The summed E-state index contributed by atoms with van der Waals surface area (Å²) in [6, 6.07) is 8.41. The van der Waals surface area contributed by atoms with E-state index in [4.69, 9.17) is 15.9 Å². The highest BCUT2D eigenvalue weighted by Crippen LogP contribution is 2.12. The third kappa shape index (κ3) is 11.3. The second kappa shape index (κ2) is 15.6. The smallest absolute Gasteiger partial charge is 0.326 e. The van der Waals surface area contributed by atoms with Gasteiger partial charge in [0.1, 0.15) is 23.9 Å². The Balaban J connectivity index is 2.26. The minimum Gasteiger partial charge on any atom is -0.508 e.